The maximum Gasteiger partial charge on any atom is 0.311 e. The lowest BCUT2D eigenvalue weighted by atomic mass is 10.0. The first-order chi connectivity index (χ1) is 18.2. The van der Waals surface area contributed by atoms with E-state index in [1.54, 1.807) is 6.92 Å². The van der Waals surface area contributed by atoms with Gasteiger partial charge in [0.25, 0.3) is 11.8 Å². The van der Waals surface area contributed by atoms with Crippen molar-refractivity contribution in [3.05, 3.63) is 89.2 Å². The highest BCUT2D eigenvalue weighted by Gasteiger charge is 2.24. The van der Waals surface area contributed by atoms with Crippen molar-refractivity contribution in [2.24, 2.45) is 5.10 Å². The molecule has 1 aromatic heterocycles. The summed E-state index contributed by atoms with van der Waals surface area (Å²) in [4.78, 5) is 41.7. The van der Waals surface area contributed by atoms with E-state index < -0.39 is 35.5 Å². The fourth-order valence-corrected chi connectivity index (χ4v) is 3.27. The molecular weight excluding hydrogens is 498 g/mol. The van der Waals surface area contributed by atoms with Gasteiger partial charge in [0.05, 0.1) is 12.8 Å². The van der Waals surface area contributed by atoms with E-state index in [1.807, 2.05) is 0 Å². The molecule has 9 nitrogen and oxygen atoms in total. The Morgan fingerprint density at radius 1 is 0.974 bits per heavy atom. The van der Waals surface area contributed by atoms with Gasteiger partial charge >= 0.3 is 5.97 Å². The predicted octanol–water partition coefficient (Wildman–Crippen LogP) is 3.76. The van der Waals surface area contributed by atoms with Crippen molar-refractivity contribution in [1.82, 2.24) is 15.7 Å². The number of amides is 2. The summed E-state index contributed by atoms with van der Waals surface area (Å²) in [7, 11) is 1.35. The first kappa shape index (κ1) is 27.9. The maximum atomic E-state index is 13.4. The summed E-state index contributed by atoms with van der Waals surface area (Å²) in [6.45, 7) is 3.22. The molecule has 0 saturated heterocycles. The molecule has 0 radical (unpaired) electrons. The number of rotatable bonds is 10. The average molecular weight is 525 g/mol. The highest BCUT2D eigenvalue weighted by atomic mass is 19.1. The zero-order valence-corrected chi connectivity index (χ0v) is 21.0. The topological polar surface area (TPSA) is 119 Å². The van der Waals surface area contributed by atoms with E-state index in [4.69, 9.17) is 9.47 Å². The van der Waals surface area contributed by atoms with Crippen molar-refractivity contribution in [2.75, 3.05) is 7.11 Å². The van der Waals surface area contributed by atoms with Crippen LogP contribution in [0, 0.1) is 11.6 Å². The molecular formula is C27H26F2N4O5. The summed E-state index contributed by atoms with van der Waals surface area (Å²) in [5, 5.41) is 6.63. The molecule has 0 saturated carbocycles. The summed E-state index contributed by atoms with van der Waals surface area (Å²) in [6.07, 6.45) is 1.97. The van der Waals surface area contributed by atoms with Crippen molar-refractivity contribution >= 4 is 23.5 Å². The van der Waals surface area contributed by atoms with Crippen molar-refractivity contribution in [3.63, 3.8) is 0 Å². The van der Waals surface area contributed by atoms with Crippen LogP contribution in [0.5, 0.6) is 11.5 Å². The van der Waals surface area contributed by atoms with Crippen LogP contribution >= 0.6 is 0 Å². The minimum absolute atomic E-state index is 0.125. The first-order valence-electron chi connectivity index (χ1n) is 11.7. The Labute approximate surface area is 217 Å². The van der Waals surface area contributed by atoms with E-state index in [0.29, 0.717) is 17.5 Å². The third kappa shape index (κ3) is 7.19. The van der Waals surface area contributed by atoms with Gasteiger partial charge in [0, 0.05) is 29.8 Å². The van der Waals surface area contributed by atoms with Crippen LogP contribution in [0.2, 0.25) is 0 Å². The van der Waals surface area contributed by atoms with Crippen molar-refractivity contribution in [2.45, 2.75) is 32.7 Å². The Morgan fingerprint density at radius 3 is 2.08 bits per heavy atom. The lowest BCUT2D eigenvalue weighted by Gasteiger charge is -2.16. The Bertz CT molecular complexity index is 1280. The minimum Gasteiger partial charge on any atom is -0.493 e. The molecule has 0 aliphatic heterocycles. The number of carbonyl (C=O) groups is 3. The third-order valence-electron chi connectivity index (χ3n) is 5.23. The highest BCUT2D eigenvalue weighted by molar-refractivity contribution is 6.13. The molecule has 0 bridgehead atoms. The number of nitrogens with zero attached hydrogens (tertiary/aromatic N) is 2. The van der Waals surface area contributed by atoms with Gasteiger partial charge in [-0.2, -0.15) is 5.10 Å². The number of nitrogens with one attached hydrogen (secondary N) is 2. The van der Waals surface area contributed by atoms with Gasteiger partial charge in [-0.25, -0.2) is 19.2 Å². The molecule has 3 aromatic rings. The number of aromatic nitrogens is 1. The minimum atomic E-state index is -1.10. The van der Waals surface area contributed by atoms with Gasteiger partial charge in [0.1, 0.15) is 17.7 Å². The van der Waals surface area contributed by atoms with Gasteiger partial charge in [0.2, 0.25) is 5.75 Å². The Morgan fingerprint density at radius 2 is 1.55 bits per heavy atom. The number of ether oxygens (including phenoxy) is 2. The number of pyridine rings is 1. The number of carbonyl (C=O) groups excluding carboxylic acids is 3. The van der Waals surface area contributed by atoms with Gasteiger partial charge in [-0.3, -0.25) is 14.4 Å². The predicted molar refractivity (Wildman–Crippen MR) is 135 cm³/mol. The number of methoxy groups -OCH3 is 1. The van der Waals surface area contributed by atoms with E-state index in [-0.39, 0.29) is 29.3 Å². The van der Waals surface area contributed by atoms with Crippen LogP contribution in [0.25, 0.3) is 0 Å². The summed E-state index contributed by atoms with van der Waals surface area (Å²) >= 11 is 0. The van der Waals surface area contributed by atoms with E-state index in [9.17, 15) is 23.2 Å². The highest BCUT2D eigenvalue weighted by Crippen LogP contribution is 2.30. The molecule has 0 fully saturated rings. The van der Waals surface area contributed by atoms with Crippen LogP contribution in [0.1, 0.15) is 48.3 Å². The molecule has 38 heavy (non-hydrogen) atoms. The van der Waals surface area contributed by atoms with Crippen molar-refractivity contribution in [3.8, 4) is 11.5 Å². The van der Waals surface area contributed by atoms with E-state index >= 15 is 0 Å². The molecule has 198 valence electrons. The summed E-state index contributed by atoms with van der Waals surface area (Å²) in [5.74, 6) is -3.00. The fourth-order valence-electron chi connectivity index (χ4n) is 3.27. The van der Waals surface area contributed by atoms with Gasteiger partial charge in [-0.15, -0.1) is 0 Å². The molecule has 0 aliphatic carbocycles. The zero-order valence-electron chi connectivity index (χ0n) is 21.0. The zero-order chi connectivity index (χ0) is 27.7. The molecule has 2 N–H and O–H groups in total. The average Bonchev–Trinajstić information content (AvgIpc) is 2.90. The van der Waals surface area contributed by atoms with Gasteiger partial charge in [0.15, 0.2) is 11.4 Å². The number of esters is 1. The van der Waals surface area contributed by atoms with Crippen LogP contribution in [-0.4, -0.2) is 41.6 Å². The van der Waals surface area contributed by atoms with E-state index in [1.165, 1.54) is 74.8 Å². The maximum absolute atomic E-state index is 13.4. The van der Waals surface area contributed by atoms with E-state index in [2.05, 4.69) is 20.8 Å². The lowest BCUT2D eigenvalue weighted by Crippen LogP contribution is -2.44. The normalized spacial score (nSPS) is 11.2. The number of hydrogen-bond acceptors (Lipinski definition) is 7. The molecule has 0 spiro atoms. The van der Waals surface area contributed by atoms with Gasteiger partial charge in [-0.05, 0) is 61.9 Å². The van der Waals surface area contributed by atoms with Gasteiger partial charge < -0.3 is 14.8 Å². The summed E-state index contributed by atoms with van der Waals surface area (Å²) in [5.41, 5.74) is 3.31. The Balaban J connectivity index is 1.79. The van der Waals surface area contributed by atoms with Crippen LogP contribution in [0.15, 0.2) is 65.9 Å². The van der Waals surface area contributed by atoms with Crippen LogP contribution in [-0.2, 0) is 9.59 Å². The molecule has 11 heteroatoms. The number of hydrogen-bond donors (Lipinski definition) is 2. The fraction of sp³-hybridized carbons (Fsp3) is 0.222. The Kier molecular flexibility index (Phi) is 9.58. The quantitative estimate of drug-likeness (QED) is 0.237. The van der Waals surface area contributed by atoms with Crippen LogP contribution in [0.4, 0.5) is 8.78 Å². The standard InChI is InChI=1S/C27H26F2N4O5/c1-4-5-22(34)38-25-21(37-3)14-15-30-24(25)27(36)31-16(2)26(35)33-32-23(17-6-10-19(28)11-7-17)18-8-12-20(29)13-9-18/h6-16H,4-5H2,1-3H3,(H,31,36)(H,33,35)/t16-/m0/s1. The SMILES string of the molecule is CCCC(=O)Oc1c(OC)ccnc1C(=O)N[C@@H](C)C(=O)NN=C(c1ccc(F)cc1)c1ccc(F)cc1. The largest absolute Gasteiger partial charge is 0.493 e. The van der Waals surface area contributed by atoms with Gasteiger partial charge in [-0.1, -0.05) is 6.92 Å². The lowest BCUT2D eigenvalue weighted by molar-refractivity contribution is -0.134. The molecule has 2 amide bonds. The van der Waals surface area contributed by atoms with E-state index in [0.717, 1.165) is 0 Å². The van der Waals surface area contributed by atoms with Crippen molar-refractivity contribution < 1.29 is 32.6 Å². The number of benzene rings is 2. The smallest absolute Gasteiger partial charge is 0.311 e. The first-order valence-corrected chi connectivity index (χ1v) is 11.7. The number of hydrazone groups is 1. The second-order valence-electron chi connectivity index (χ2n) is 8.06. The van der Waals surface area contributed by atoms with Crippen molar-refractivity contribution in [1.29, 1.82) is 0 Å². The second-order valence-corrected chi connectivity index (χ2v) is 8.06. The molecule has 0 aliphatic rings. The monoisotopic (exact) mass is 524 g/mol. The molecule has 1 heterocycles. The van der Waals surface area contributed by atoms with Crippen LogP contribution in [0.3, 0.4) is 0 Å². The Hall–Kier alpha value is -4.67. The number of halogens is 2. The molecule has 3 rings (SSSR count). The third-order valence-corrected chi connectivity index (χ3v) is 5.23. The molecule has 1 atom stereocenters. The summed E-state index contributed by atoms with van der Waals surface area (Å²) < 4.78 is 37.4. The second kappa shape index (κ2) is 13.0. The van der Waals surface area contributed by atoms with Crippen LogP contribution < -0.4 is 20.2 Å². The summed E-state index contributed by atoms with van der Waals surface area (Å²) in [6, 6.07) is 11.1. The molecule has 0 unspecified atom stereocenters. The molecule has 2 aromatic carbocycles.